The molecule has 112 valence electrons. The number of hydrogen-bond acceptors (Lipinski definition) is 3. The van der Waals surface area contributed by atoms with Crippen molar-refractivity contribution in [3.05, 3.63) is 54.1 Å². The van der Waals surface area contributed by atoms with Crippen LogP contribution in [0.15, 0.2) is 53.4 Å². The van der Waals surface area contributed by atoms with Crippen LogP contribution in [0, 0.1) is 0 Å². The molecule has 0 spiro atoms. The molecule has 0 radical (unpaired) electrons. The van der Waals surface area contributed by atoms with E-state index in [4.69, 9.17) is 4.74 Å². The van der Waals surface area contributed by atoms with Crippen LogP contribution in [0.2, 0.25) is 0 Å². The first kappa shape index (κ1) is 15.4. The fraction of sp³-hybridized carbons (Fsp3) is 0.250. The smallest absolute Gasteiger partial charge is 0.265 e. The van der Waals surface area contributed by atoms with Gasteiger partial charge in [-0.3, -0.25) is 4.72 Å². The second-order valence-corrected chi connectivity index (χ2v) is 6.68. The Kier molecular flexibility index (Phi) is 4.53. The van der Waals surface area contributed by atoms with E-state index in [2.05, 4.69) is 18.6 Å². The number of nitrogens with one attached hydrogen (secondary N) is 1. The van der Waals surface area contributed by atoms with Crippen molar-refractivity contribution in [3.63, 3.8) is 0 Å². The molecule has 2 aromatic rings. The van der Waals surface area contributed by atoms with Crippen molar-refractivity contribution < 1.29 is 13.2 Å². The van der Waals surface area contributed by atoms with E-state index in [0.29, 0.717) is 17.4 Å². The molecule has 0 fully saturated rings. The minimum absolute atomic E-state index is 0.125. The van der Waals surface area contributed by atoms with Crippen molar-refractivity contribution in [1.82, 2.24) is 0 Å². The van der Waals surface area contributed by atoms with Gasteiger partial charge in [-0.05, 0) is 35.7 Å². The minimum atomic E-state index is -3.66. The van der Waals surface area contributed by atoms with Crippen LogP contribution in [-0.2, 0) is 10.0 Å². The zero-order valence-electron chi connectivity index (χ0n) is 12.3. The highest BCUT2D eigenvalue weighted by atomic mass is 32.2. The fourth-order valence-corrected chi connectivity index (χ4v) is 3.22. The third kappa shape index (κ3) is 3.55. The number of anilines is 1. The van der Waals surface area contributed by atoms with Crippen LogP contribution in [0.3, 0.4) is 0 Å². The van der Waals surface area contributed by atoms with Crippen LogP contribution < -0.4 is 9.46 Å². The summed E-state index contributed by atoms with van der Waals surface area (Å²) in [4.78, 5) is 0.125. The van der Waals surface area contributed by atoms with Crippen LogP contribution in [0.1, 0.15) is 25.3 Å². The summed E-state index contributed by atoms with van der Waals surface area (Å²) in [5.74, 6) is 0.730. The standard InChI is InChI=1S/C16H19NO3S/c1-12(2)13-8-10-14(11-9-13)17-21(18,19)16-7-5-4-6-15(16)20-3/h4-12,17H,1-3H3. The second-order valence-electron chi connectivity index (χ2n) is 5.03. The van der Waals surface area contributed by atoms with E-state index in [1.165, 1.54) is 13.2 Å². The lowest BCUT2D eigenvalue weighted by atomic mass is 10.0. The van der Waals surface area contributed by atoms with Crippen molar-refractivity contribution in [2.24, 2.45) is 0 Å². The van der Waals surface area contributed by atoms with Crippen molar-refractivity contribution in [1.29, 1.82) is 0 Å². The van der Waals surface area contributed by atoms with E-state index in [0.717, 1.165) is 5.56 Å². The molecule has 0 aliphatic rings. The number of hydrogen-bond donors (Lipinski definition) is 1. The summed E-state index contributed by atoms with van der Waals surface area (Å²) in [6, 6.07) is 13.9. The van der Waals surface area contributed by atoms with Gasteiger partial charge in [0.25, 0.3) is 10.0 Å². The maximum absolute atomic E-state index is 12.4. The SMILES string of the molecule is COc1ccccc1S(=O)(=O)Nc1ccc(C(C)C)cc1. The summed E-state index contributed by atoms with van der Waals surface area (Å²) in [6.45, 7) is 4.18. The maximum Gasteiger partial charge on any atom is 0.265 e. The first-order valence-corrected chi connectivity index (χ1v) is 8.18. The van der Waals surface area contributed by atoms with Gasteiger partial charge in [0.2, 0.25) is 0 Å². The molecule has 5 heteroatoms. The second kappa shape index (κ2) is 6.18. The largest absolute Gasteiger partial charge is 0.495 e. The first-order valence-electron chi connectivity index (χ1n) is 6.70. The van der Waals surface area contributed by atoms with Gasteiger partial charge in [0, 0.05) is 5.69 Å². The van der Waals surface area contributed by atoms with Gasteiger partial charge in [-0.2, -0.15) is 0 Å². The number of para-hydroxylation sites is 1. The van der Waals surface area contributed by atoms with Crippen molar-refractivity contribution in [3.8, 4) is 5.75 Å². The van der Waals surface area contributed by atoms with Crippen LogP contribution in [0.25, 0.3) is 0 Å². The molecule has 0 aliphatic heterocycles. The fourth-order valence-electron chi connectivity index (χ4n) is 1.99. The summed E-state index contributed by atoms with van der Waals surface area (Å²) >= 11 is 0. The molecule has 2 aromatic carbocycles. The Balaban J connectivity index is 2.29. The highest BCUT2D eigenvalue weighted by Gasteiger charge is 2.18. The summed E-state index contributed by atoms with van der Waals surface area (Å²) < 4.78 is 32.5. The zero-order valence-corrected chi connectivity index (χ0v) is 13.1. The van der Waals surface area contributed by atoms with E-state index in [-0.39, 0.29) is 4.90 Å². The average Bonchev–Trinajstić information content (AvgIpc) is 2.47. The molecule has 0 aliphatic carbocycles. The molecule has 2 rings (SSSR count). The minimum Gasteiger partial charge on any atom is -0.495 e. The average molecular weight is 305 g/mol. The number of methoxy groups -OCH3 is 1. The van der Waals surface area contributed by atoms with Crippen LogP contribution in [0.5, 0.6) is 5.75 Å². The highest BCUT2D eigenvalue weighted by molar-refractivity contribution is 7.92. The van der Waals surface area contributed by atoms with E-state index in [9.17, 15) is 8.42 Å². The summed E-state index contributed by atoms with van der Waals surface area (Å²) in [5.41, 5.74) is 1.69. The Labute approximate surface area is 125 Å². The molecular formula is C16H19NO3S. The quantitative estimate of drug-likeness (QED) is 0.918. The Bertz CT molecular complexity index is 707. The monoisotopic (exact) mass is 305 g/mol. The number of benzene rings is 2. The molecule has 0 saturated heterocycles. The molecule has 0 atom stereocenters. The van der Waals surface area contributed by atoms with Gasteiger partial charge >= 0.3 is 0 Å². The Morgan fingerprint density at radius 3 is 2.19 bits per heavy atom. The summed E-state index contributed by atoms with van der Waals surface area (Å²) in [6.07, 6.45) is 0. The summed E-state index contributed by atoms with van der Waals surface area (Å²) in [5, 5.41) is 0. The van der Waals surface area contributed by atoms with Crippen molar-refractivity contribution in [2.75, 3.05) is 11.8 Å². The van der Waals surface area contributed by atoms with Gasteiger partial charge in [0.1, 0.15) is 10.6 Å². The molecule has 4 nitrogen and oxygen atoms in total. The maximum atomic E-state index is 12.4. The normalized spacial score (nSPS) is 11.4. The van der Waals surface area contributed by atoms with Gasteiger partial charge in [-0.15, -0.1) is 0 Å². The number of rotatable bonds is 5. The number of ether oxygens (including phenoxy) is 1. The topological polar surface area (TPSA) is 55.4 Å². The molecule has 0 amide bonds. The Morgan fingerprint density at radius 2 is 1.62 bits per heavy atom. The third-order valence-corrected chi connectivity index (χ3v) is 4.61. The Morgan fingerprint density at radius 1 is 1.00 bits per heavy atom. The summed E-state index contributed by atoms with van der Waals surface area (Å²) in [7, 11) is -2.21. The van der Waals surface area contributed by atoms with Crippen LogP contribution in [0.4, 0.5) is 5.69 Å². The van der Waals surface area contributed by atoms with E-state index in [1.54, 1.807) is 30.3 Å². The first-order chi connectivity index (χ1) is 9.94. The molecule has 21 heavy (non-hydrogen) atoms. The molecule has 0 bridgehead atoms. The predicted molar refractivity (Wildman–Crippen MR) is 84.3 cm³/mol. The van der Waals surface area contributed by atoms with Gasteiger partial charge in [-0.1, -0.05) is 38.1 Å². The van der Waals surface area contributed by atoms with Gasteiger partial charge in [0.15, 0.2) is 0 Å². The van der Waals surface area contributed by atoms with Crippen molar-refractivity contribution in [2.45, 2.75) is 24.7 Å². The lowest BCUT2D eigenvalue weighted by molar-refractivity contribution is 0.403. The number of sulfonamides is 1. The molecule has 0 heterocycles. The molecule has 1 N–H and O–H groups in total. The molecular weight excluding hydrogens is 286 g/mol. The van der Waals surface area contributed by atoms with Gasteiger partial charge in [0.05, 0.1) is 7.11 Å². The molecule has 0 aromatic heterocycles. The predicted octanol–water partition coefficient (Wildman–Crippen LogP) is 3.62. The lowest BCUT2D eigenvalue weighted by Crippen LogP contribution is -2.14. The van der Waals surface area contributed by atoms with Gasteiger partial charge in [-0.25, -0.2) is 8.42 Å². The van der Waals surface area contributed by atoms with E-state index < -0.39 is 10.0 Å². The van der Waals surface area contributed by atoms with Crippen LogP contribution in [-0.4, -0.2) is 15.5 Å². The molecule has 0 unspecified atom stereocenters. The van der Waals surface area contributed by atoms with Crippen LogP contribution >= 0.6 is 0 Å². The lowest BCUT2D eigenvalue weighted by Gasteiger charge is -2.12. The Hall–Kier alpha value is -2.01. The third-order valence-electron chi connectivity index (χ3n) is 3.19. The highest BCUT2D eigenvalue weighted by Crippen LogP contribution is 2.25. The van der Waals surface area contributed by atoms with Crippen molar-refractivity contribution >= 4 is 15.7 Å². The van der Waals surface area contributed by atoms with E-state index in [1.807, 2.05) is 12.1 Å². The zero-order chi connectivity index (χ0) is 15.5. The molecule has 0 saturated carbocycles. The van der Waals surface area contributed by atoms with Gasteiger partial charge < -0.3 is 4.74 Å². The van der Waals surface area contributed by atoms with E-state index >= 15 is 0 Å².